The van der Waals surface area contributed by atoms with Crippen LogP contribution in [0.15, 0.2) is 18.3 Å². The lowest BCUT2D eigenvalue weighted by atomic mass is 10.3. The van der Waals surface area contributed by atoms with Crippen LogP contribution in [0.25, 0.3) is 0 Å². The molecule has 0 aliphatic carbocycles. The third kappa shape index (κ3) is 3.14. The monoisotopic (exact) mass is 198 g/mol. The van der Waals surface area contributed by atoms with Crippen LogP contribution in [0.2, 0.25) is 0 Å². The Balaban J connectivity index is 2.41. The molecule has 0 saturated heterocycles. The summed E-state index contributed by atoms with van der Waals surface area (Å²) in [5.74, 6) is 0.734. The van der Waals surface area contributed by atoms with Crippen molar-refractivity contribution in [3.8, 4) is 0 Å². The van der Waals surface area contributed by atoms with Gasteiger partial charge in [-0.25, -0.2) is 0 Å². The van der Waals surface area contributed by atoms with Gasteiger partial charge < -0.3 is 9.88 Å². The highest BCUT2D eigenvalue weighted by Crippen LogP contribution is 2.01. The SMILES string of the molecule is CN(Cc1ccc[nH]1)C(=O)CCS. The molecule has 3 nitrogen and oxygen atoms in total. The molecule has 0 unspecified atom stereocenters. The summed E-state index contributed by atoms with van der Waals surface area (Å²) < 4.78 is 0. The maximum absolute atomic E-state index is 11.3. The summed E-state index contributed by atoms with van der Waals surface area (Å²) in [6, 6.07) is 3.89. The van der Waals surface area contributed by atoms with Crippen molar-refractivity contribution in [1.29, 1.82) is 0 Å². The van der Waals surface area contributed by atoms with E-state index in [1.54, 1.807) is 11.9 Å². The van der Waals surface area contributed by atoms with Crippen LogP contribution in [0, 0.1) is 0 Å². The molecule has 0 radical (unpaired) electrons. The summed E-state index contributed by atoms with van der Waals surface area (Å²) in [4.78, 5) is 16.1. The number of hydrogen-bond acceptors (Lipinski definition) is 2. The fourth-order valence-corrected chi connectivity index (χ4v) is 1.29. The Bertz CT molecular complexity index is 259. The van der Waals surface area contributed by atoms with Crippen LogP contribution in [-0.2, 0) is 11.3 Å². The number of aromatic amines is 1. The largest absolute Gasteiger partial charge is 0.364 e. The van der Waals surface area contributed by atoms with Gasteiger partial charge in [-0.15, -0.1) is 0 Å². The molecule has 0 aromatic carbocycles. The molecule has 72 valence electrons. The summed E-state index contributed by atoms with van der Waals surface area (Å²) >= 11 is 4.01. The van der Waals surface area contributed by atoms with E-state index in [0.717, 1.165) is 5.69 Å². The second-order valence-electron chi connectivity index (χ2n) is 2.92. The smallest absolute Gasteiger partial charge is 0.223 e. The van der Waals surface area contributed by atoms with Gasteiger partial charge in [0.1, 0.15) is 0 Å². The Morgan fingerprint density at radius 2 is 2.46 bits per heavy atom. The van der Waals surface area contributed by atoms with Crippen molar-refractivity contribution in [1.82, 2.24) is 9.88 Å². The molecule has 0 aliphatic rings. The second-order valence-corrected chi connectivity index (χ2v) is 3.37. The van der Waals surface area contributed by atoms with E-state index in [2.05, 4.69) is 17.6 Å². The van der Waals surface area contributed by atoms with Crippen molar-refractivity contribution in [3.63, 3.8) is 0 Å². The van der Waals surface area contributed by atoms with Crippen molar-refractivity contribution in [2.45, 2.75) is 13.0 Å². The third-order valence-electron chi connectivity index (χ3n) is 1.82. The molecule has 0 saturated carbocycles. The molecule has 4 heteroatoms. The maximum Gasteiger partial charge on any atom is 0.223 e. The summed E-state index contributed by atoms with van der Waals surface area (Å²) in [6.07, 6.45) is 2.35. The Morgan fingerprint density at radius 1 is 1.69 bits per heavy atom. The van der Waals surface area contributed by atoms with Crippen molar-refractivity contribution in [2.24, 2.45) is 0 Å². The van der Waals surface area contributed by atoms with E-state index in [1.165, 1.54) is 0 Å². The maximum atomic E-state index is 11.3. The van der Waals surface area contributed by atoms with Crippen molar-refractivity contribution >= 4 is 18.5 Å². The van der Waals surface area contributed by atoms with Crippen LogP contribution in [0.4, 0.5) is 0 Å². The summed E-state index contributed by atoms with van der Waals surface area (Å²) in [5.41, 5.74) is 1.05. The molecule has 0 aliphatic heterocycles. The van der Waals surface area contributed by atoms with Crippen molar-refractivity contribution in [2.75, 3.05) is 12.8 Å². The zero-order chi connectivity index (χ0) is 9.68. The van der Waals surface area contributed by atoms with E-state index < -0.39 is 0 Å². The Labute approximate surface area is 83.5 Å². The first-order chi connectivity index (χ1) is 6.24. The van der Waals surface area contributed by atoms with Gasteiger partial charge >= 0.3 is 0 Å². The quantitative estimate of drug-likeness (QED) is 0.703. The van der Waals surface area contributed by atoms with E-state index in [1.807, 2.05) is 18.3 Å². The van der Waals surface area contributed by atoms with E-state index in [9.17, 15) is 4.79 Å². The highest BCUT2D eigenvalue weighted by Gasteiger charge is 2.07. The van der Waals surface area contributed by atoms with Crippen LogP contribution >= 0.6 is 12.6 Å². The molecule has 1 N–H and O–H groups in total. The number of rotatable bonds is 4. The Morgan fingerprint density at radius 3 is 3.00 bits per heavy atom. The number of hydrogen-bond donors (Lipinski definition) is 2. The molecular formula is C9H14N2OS. The molecule has 1 heterocycles. The zero-order valence-electron chi connectivity index (χ0n) is 7.66. The molecule has 0 bridgehead atoms. The molecule has 0 fully saturated rings. The topological polar surface area (TPSA) is 36.1 Å². The minimum Gasteiger partial charge on any atom is -0.364 e. The third-order valence-corrected chi connectivity index (χ3v) is 2.04. The van der Waals surface area contributed by atoms with Gasteiger partial charge in [0.2, 0.25) is 5.91 Å². The first-order valence-corrected chi connectivity index (χ1v) is 4.84. The predicted molar refractivity (Wildman–Crippen MR) is 55.7 cm³/mol. The molecule has 1 rings (SSSR count). The van der Waals surface area contributed by atoms with Gasteiger partial charge in [-0.1, -0.05) is 0 Å². The average Bonchev–Trinajstić information content (AvgIpc) is 2.57. The van der Waals surface area contributed by atoms with Crippen LogP contribution in [0.5, 0.6) is 0 Å². The van der Waals surface area contributed by atoms with Gasteiger partial charge in [0.25, 0.3) is 0 Å². The number of thiol groups is 1. The number of amides is 1. The second kappa shape index (κ2) is 4.97. The summed E-state index contributed by atoms with van der Waals surface area (Å²) in [7, 11) is 1.80. The Kier molecular flexibility index (Phi) is 3.89. The number of aromatic nitrogens is 1. The number of H-pyrrole nitrogens is 1. The van der Waals surface area contributed by atoms with Crippen LogP contribution in [0.3, 0.4) is 0 Å². The fourth-order valence-electron chi connectivity index (χ4n) is 1.10. The van der Waals surface area contributed by atoms with Crippen molar-refractivity contribution in [3.05, 3.63) is 24.0 Å². The molecule has 1 aromatic rings. The highest BCUT2D eigenvalue weighted by molar-refractivity contribution is 7.80. The summed E-state index contributed by atoms with van der Waals surface area (Å²) in [6.45, 7) is 0.639. The van der Waals surface area contributed by atoms with Crippen LogP contribution < -0.4 is 0 Å². The van der Waals surface area contributed by atoms with Gasteiger partial charge in [0.05, 0.1) is 6.54 Å². The van der Waals surface area contributed by atoms with Crippen molar-refractivity contribution < 1.29 is 4.79 Å². The minimum atomic E-state index is 0.129. The zero-order valence-corrected chi connectivity index (χ0v) is 8.55. The van der Waals surface area contributed by atoms with Gasteiger partial charge in [0.15, 0.2) is 0 Å². The highest BCUT2D eigenvalue weighted by atomic mass is 32.1. The van der Waals surface area contributed by atoms with Gasteiger partial charge in [0, 0.05) is 25.4 Å². The number of carbonyl (C=O) groups is 1. The molecule has 13 heavy (non-hydrogen) atoms. The van der Waals surface area contributed by atoms with Gasteiger partial charge in [-0.3, -0.25) is 4.79 Å². The lowest BCUT2D eigenvalue weighted by Gasteiger charge is -2.15. The number of nitrogens with zero attached hydrogens (tertiary/aromatic N) is 1. The van der Waals surface area contributed by atoms with Crippen LogP contribution in [-0.4, -0.2) is 28.6 Å². The molecule has 1 amide bonds. The lowest BCUT2D eigenvalue weighted by Crippen LogP contribution is -2.26. The molecule has 0 spiro atoms. The number of nitrogens with one attached hydrogen (secondary N) is 1. The van der Waals surface area contributed by atoms with Gasteiger partial charge in [-0.05, 0) is 17.9 Å². The average molecular weight is 198 g/mol. The van der Waals surface area contributed by atoms with E-state index in [0.29, 0.717) is 18.7 Å². The minimum absolute atomic E-state index is 0.129. The molecule has 1 aromatic heterocycles. The first-order valence-electron chi connectivity index (χ1n) is 4.21. The van der Waals surface area contributed by atoms with E-state index >= 15 is 0 Å². The van der Waals surface area contributed by atoms with E-state index in [-0.39, 0.29) is 5.91 Å². The van der Waals surface area contributed by atoms with E-state index in [4.69, 9.17) is 0 Å². The summed E-state index contributed by atoms with van der Waals surface area (Å²) in [5, 5.41) is 0. The Hall–Kier alpha value is -0.900. The van der Waals surface area contributed by atoms with Crippen LogP contribution in [0.1, 0.15) is 12.1 Å². The first kappa shape index (κ1) is 10.2. The predicted octanol–water partition coefficient (Wildman–Crippen LogP) is 1.29. The standard InChI is InChI=1S/C9H14N2OS/c1-11(9(12)4-6-13)7-8-3-2-5-10-8/h2-3,5,10,13H,4,6-7H2,1H3. The molecule has 0 atom stereocenters. The fraction of sp³-hybridized carbons (Fsp3) is 0.444. The number of carbonyl (C=O) groups excluding carboxylic acids is 1. The normalized spacial score (nSPS) is 10.0. The lowest BCUT2D eigenvalue weighted by molar-refractivity contribution is -0.130. The molecular weight excluding hydrogens is 184 g/mol. The van der Waals surface area contributed by atoms with Gasteiger partial charge in [-0.2, -0.15) is 12.6 Å².